The maximum absolute atomic E-state index is 12.2. The predicted molar refractivity (Wildman–Crippen MR) is 49.8 cm³/mol. The van der Waals surface area contributed by atoms with Gasteiger partial charge in [0.2, 0.25) is 15.0 Å². The van der Waals surface area contributed by atoms with Gasteiger partial charge in [-0.3, -0.25) is 0 Å². The van der Waals surface area contributed by atoms with Gasteiger partial charge in [0.1, 0.15) is 5.69 Å². The summed E-state index contributed by atoms with van der Waals surface area (Å²) in [5.74, 6) is -0.738. The first kappa shape index (κ1) is 13.2. The van der Waals surface area contributed by atoms with E-state index >= 15 is 0 Å². The molecule has 16 heavy (non-hydrogen) atoms. The molecule has 0 bridgehead atoms. The number of aromatic nitrogens is 2. The van der Waals surface area contributed by atoms with Gasteiger partial charge in [-0.05, 0) is 6.07 Å². The molecule has 9 heteroatoms. The zero-order valence-corrected chi connectivity index (χ0v) is 9.27. The average molecular weight is 275 g/mol. The molecule has 1 aromatic rings. The van der Waals surface area contributed by atoms with E-state index in [2.05, 4.69) is 9.97 Å². The SMILES string of the molecule is O=S(=O)(CCCl)c1nccc(C(F)(F)F)n1. The Balaban J connectivity index is 3.19. The van der Waals surface area contributed by atoms with Crippen molar-refractivity contribution in [2.24, 2.45) is 0 Å². The molecule has 90 valence electrons. The minimum atomic E-state index is -4.70. The normalized spacial score (nSPS) is 12.8. The minimum Gasteiger partial charge on any atom is -0.227 e. The first-order valence-electron chi connectivity index (χ1n) is 3.96. The van der Waals surface area contributed by atoms with Crippen molar-refractivity contribution in [1.29, 1.82) is 0 Å². The van der Waals surface area contributed by atoms with E-state index in [1.54, 1.807) is 0 Å². The van der Waals surface area contributed by atoms with E-state index in [0.29, 0.717) is 6.07 Å². The molecule has 0 atom stereocenters. The van der Waals surface area contributed by atoms with E-state index in [1.165, 1.54) is 0 Å². The van der Waals surface area contributed by atoms with Crippen LogP contribution in [0.15, 0.2) is 17.4 Å². The fourth-order valence-corrected chi connectivity index (χ4v) is 2.30. The first-order valence-corrected chi connectivity index (χ1v) is 6.15. The van der Waals surface area contributed by atoms with Crippen LogP contribution in [0, 0.1) is 0 Å². The largest absolute Gasteiger partial charge is 0.433 e. The number of hydrogen-bond donors (Lipinski definition) is 0. The van der Waals surface area contributed by atoms with Gasteiger partial charge in [0.25, 0.3) is 0 Å². The number of hydrogen-bond acceptors (Lipinski definition) is 4. The molecule has 0 saturated heterocycles. The van der Waals surface area contributed by atoms with Crippen LogP contribution < -0.4 is 0 Å². The maximum atomic E-state index is 12.2. The molecule has 0 spiro atoms. The molecule has 0 fully saturated rings. The summed E-state index contributed by atoms with van der Waals surface area (Å²) < 4.78 is 59.4. The molecule has 0 saturated carbocycles. The quantitative estimate of drug-likeness (QED) is 0.619. The highest BCUT2D eigenvalue weighted by Gasteiger charge is 2.34. The molecule has 0 N–H and O–H groups in total. The third-order valence-electron chi connectivity index (χ3n) is 1.55. The van der Waals surface area contributed by atoms with Crippen LogP contribution >= 0.6 is 11.6 Å². The lowest BCUT2D eigenvalue weighted by atomic mass is 10.4. The topological polar surface area (TPSA) is 59.9 Å². The molecule has 0 aromatic carbocycles. The number of halogens is 4. The van der Waals surface area contributed by atoms with Gasteiger partial charge in [-0.1, -0.05) is 0 Å². The monoisotopic (exact) mass is 274 g/mol. The first-order chi connectivity index (χ1) is 7.27. The van der Waals surface area contributed by atoms with Crippen LogP contribution in [-0.4, -0.2) is 30.0 Å². The van der Waals surface area contributed by atoms with E-state index in [9.17, 15) is 21.6 Å². The van der Waals surface area contributed by atoms with E-state index in [0.717, 1.165) is 6.20 Å². The van der Waals surface area contributed by atoms with Crippen LogP contribution in [-0.2, 0) is 16.0 Å². The fourth-order valence-electron chi connectivity index (χ4n) is 0.841. The van der Waals surface area contributed by atoms with Gasteiger partial charge in [-0.2, -0.15) is 13.2 Å². The molecule has 1 rings (SSSR count). The molecule has 0 aliphatic heterocycles. The summed E-state index contributed by atoms with van der Waals surface area (Å²) in [5, 5.41) is -0.858. The third kappa shape index (κ3) is 3.05. The molecule has 1 heterocycles. The molecule has 0 aliphatic rings. The Morgan fingerprint density at radius 3 is 2.50 bits per heavy atom. The molecule has 0 unspecified atom stereocenters. The van der Waals surface area contributed by atoms with Gasteiger partial charge in [-0.25, -0.2) is 18.4 Å². The number of sulfone groups is 1. The second-order valence-corrected chi connectivity index (χ2v) is 5.11. The van der Waals surface area contributed by atoms with Crippen molar-refractivity contribution in [2.75, 3.05) is 11.6 Å². The Hall–Kier alpha value is -0.890. The lowest BCUT2D eigenvalue weighted by Crippen LogP contribution is -2.16. The molecule has 1 aromatic heterocycles. The van der Waals surface area contributed by atoms with Crippen molar-refractivity contribution >= 4 is 21.4 Å². The summed E-state index contributed by atoms with van der Waals surface area (Å²) in [6, 6.07) is 0.597. The highest BCUT2D eigenvalue weighted by molar-refractivity contribution is 7.91. The zero-order chi connectivity index (χ0) is 12.4. The highest BCUT2D eigenvalue weighted by atomic mass is 35.5. The van der Waals surface area contributed by atoms with Gasteiger partial charge in [-0.15, -0.1) is 11.6 Å². The number of nitrogens with zero attached hydrogens (tertiary/aromatic N) is 2. The van der Waals surface area contributed by atoms with Crippen molar-refractivity contribution in [3.8, 4) is 0 Å². The Kier molecular flexibility index (Phi) is 3.74. The van der Waals surface area contributed by atoms with Gasteiger partial charge >= 0.3 is 6.18 Å². The third-order valence-corrected chi connectivity index (χ3v) is 3.46. The summed E-state index contributed by atoms with van der Waals surface area (Å²) >= 11 is 5.21. The molecular formula is C7H6ClF3N2O2S. The van der Waals surface area contributed by atoms with E-state index in [4.69, 9.17) is 11.6 Å². The molecule has 4 nitrogen and oxygen atoms in total. The van der Waals surface area contributed by atoms with Crippen molar-refractivity contribution < 1.29 is 21.6 Å². The summed E-state index contributed by atoms with van der Waals surface area (Å²) in [7, 11) is -3.95. The summed E-state index contributed by atoms with van der Waals surface area (Å²) in [5.41, 5.74) is -1.30. The van der Waals surface area contributed by atoms with Gasteiger partial charge in [0.15, 0.2) is 0 Å². The van der Waals surface area contributed by atoms with Crippen molar-refractivity contribution in [3.05, 3.63) is 18.0 Å². The van der Waals surface area contributed by atoms with Crippen LogP contribution in [0.3, 0.4) is 0 Å². The van der Waals surface area contributed by atoms with Gasteiger partial charge < -0.3 is 0 Å². The second kappa shape index (κ2) is 4.54. The Morgan fingerprint density at radius 2 is 2.00 bits per heavy atom. The second-order valence-electron chi connectivity index (χ2n) is 2.73. The van der Waals surface area contributed by atoms with Crippen LogP contribution in [0.2, 0.25) is 0 Å². The van der Waals surface area contributed by atoms with E-state index in [-0.39, 0.29) is 5.88 Å². The lowest BCUT2D eigenvalue weighted by molar-refractivity contribution is -0.141. The van der Waals surface area contributed by atoms with Crippen molar-refractivity contribution in [3.63, 3.8) is 0 Å². The molecule has 0 amide bonds. The minimum absolute atomic E-state index is 0.234. The van der Waals surface area contributed by atoms with Crippen molar-refractivity contribution in [1.82, 2.24) is 9.97 Å². The summed E-state index contributed by atoms with van der Waals surface area (Å²) in [6.07, 6.45) is -3.95. The van der Waals surface area contributed by atoms with Crippen LogP contribution in [0.1, 0.15) is 5.69 Å². The summed E-state index contributed by atoms with van der Waals surface area (Å²) in [6.45, 7) is 0. The lowest BCUT2D eigenvalue weighted by Gasteiger charge is -2.06. The Labute approximate surface area is 94.4 Å². The maximum Gasteiger partial charge on any atom is 0.433 e. The number of rotatable bonds is 3. The smallest absolute Gasteiger partial charge is 0.227 e. The van der Waals surface area contributed by atoms with E-state index < -0.39 is 32.6 Å². The Morgan fingerprint density at radius 1 is 1.38 bits per heavy atom. The molecule has 0 aliphatic carbocycles. The predicted octanol–water partition coefficient (Wildman–Crippen LogP) is 1.51. The van der Waals surface area contributed by atoms with Gasteiger partial charge in [0.05, 0.1) is 5.75 Å². The van der Waals surface area contributed by atoms with Crippen LogP contribution in [0.5, 0.6) is 0 Å². The summed E-state index contributed by atoms with van der Waals surface area (Å²) in [4.78, 5) is 6.24. The van der Waals surface area contributed by atoms with Crippen molar-refractivity contribution in [2.45, 2.75) is 11.3 Å². The molecular weight excluding hydrogens is 269 g/mol. The number of alkyl halides is 4. The average Bonchev–Trinajstić information content (AvgIpc) is 2.16. The van der Waals surface area contributed by atoms with E-state index in [1.807, 2.05) is 0 Å². The van der Waals surface area contributed by atoms with Crippen LogP contribution in [0.4, 0.5) is 13.2 Å². The van der Waals surface area contributed by atoms with Crippen LogP contribution in [0.25, 0.3) is 0 Å². The fraction of sp³-hybridized carbons (Fsp3) is 0.429. The molecule has 0 radical (unpaired) electrons. The standard InChI is InChI=1S/C7H6ClF3N2O2S/c8-2-4-16(14,15)6-12-3-1-5(13-6)7(9,10)11/h1,3H,2,4H2. The highest BCUT2D eigenvalue weighted by Crippen LogP contribution is 2.27. The Bertz CT molecular complexity index is 475. The van der Waals surface area contributed by atoms with Gasteiger partial charge in [0, 0.05) is 12.1 Å². The zero-order valence-electron chi connectivity index (χ0n) is 7.70.